The summed E-state index contributed by atoms with van der Waals surface area (Å²) in [7, 11) is 2.10. The zero-order chi connectivity index (χ0) is 15.7. The summed E-state index contributed by atoms with van der Waals surface area (Å²) in [5, 5.41) is 2.88. The van der Waals surface area contributed by atoms with E-state index in [2.05, 4.69) is 24.2 Å². The van der Waals surface area contributed by atoms with Gasteiger partial charge >= 0.3 is 0 Å². The molecule has 0 saturated heterocycles. The number of nitrogens with two attached hydrogens (primary N) is 1. The van der Waals surface area contributed by atoms with Crippen molar-refractivity contribution < 1.29 is 4.79 Å². The van der Waals surface area contributed by atoms with Gasteiger partial charge in [0, 0.05) is 17.7 Å². The quantitative estimate of drug-likeness (QED) is 0.689. The van der Waals surface area contributed by atoms with E-state index in [1.165, 1.54) is 12.8 Å². The molecular weight excluding hydrogens is 282 g/mol. The third kappa shape index (κ3) is 7.20. The van der Waals surface area contributed by atoms with Gasteiger partial charge in [-0.1, -0.05) is 37.7 Å². The predicted molar refractivity (Wildman–Crippen MR) is 92.6 cm³/mol. The Balaban J connectivity index is 2.33. The van der Waals surface area contributed by atoms with Crippen molar-refractivity contribution in [1.82, 2.24) is 4.90 Å². The summed E-state index contributed by atoms with van der Waals surface area (Å²) < 4.78 is 0. The molecule has 0 fully saturated rings. The van der Waals surface area contributed by atoms with Gasteiger partial charge in [-0.25, -0.2) is 0 Å². The number of nitrogens with zero attached hydrogens (tertiary/aromatic N) is 1. The average molecular weight is 307 g/mol. The van der Waals surface area contributed by atoms with E-state index in [-0.39, 0.29) is 5.91 Å². The summed E-state index contributed by atoms with van der Waals surface area (Å²) >= 11 is 4.93. The third-order valence-corrected chi connectivity index (χ3v) is 3.50. The summed E-state index contributed by atoms with van der Waals surface area (Å²) in [6.45, 7) is 4.22. The van der Waals surface area contributed by atoms with Gasteiger partial charge in [-0.2, -0.15) is 0 Å². The van der Waals surface area contributed by atoms with Crippen LogP contribution in [0.5, 0.6) is 0 Å². The molecule has 0 bridgehead atoms. The molecule has 4 nitrogen and oxygen atoms in total. The van der Waals surface area contributed by atoms with Gasteiger partial charge in [0.1, 0.15) is 4.99 Å². The van der Waals surface area contributed by atoms with Crippen molar-refractivity contribution in [2.75, 3.05) is 25.5 Å². The molecule has 116 valence electrons. The van der Waals surface area contributed by atoms with Crippen LogP contribution in [0.25, 0.3) is 0 Å². The third-order valence-electron chi connectivity index (χ3n) is 3.27. The number of unbranched alkanes of at least 4 members (excludes halogenated alkanes) is 1. The van der Waals surface area contributed by atoms with E-state index in [4.69, 9.17) is 18.0 Å². The van der Waals surface area contributed by atoms with Crippen LogP contribution in [-0.4, -0.2) is 35.9 Å². The number of hydrogen-bond donors (Lipinski definition) is 2. The summed E-state index contributed by atoms with van der Waals surface area (Å²) in [5.74, 6) is 0.0268. The van der Waals surface area contributed by atoms with Crippen molar-refractivity contribution >= 4 is 28.8 Å². The van der Waals surface area contributed by atoms with Crippen LogP contribution >= 0.6 is 12.2 Å². The van der Waals surface area contributed by atoms with Crippen LogP contribution in [0, 0.1) is 0 Å². The lowest BCUT2D eigenvalue weighted by Crippen LogP contribution is -2.22. The number of thiocarbonyl (C=S) groups is 1. The molecule has 1 aromatic carbocycles. The predicted octanol–water partition coefficient (Wildman–Crippen LogP) is 2.77. The lowest BCUT2D eigenvalue weighted by atomic mass is 10.2. The monoisotopic (exact) mass is 307 g/mol. The zero-order valence-corrected chi connectivity index (χ0v) is 13.7. The van der Waals surface area contributed by atoms with Crippen LogP contribution in [0.1, 0.15) is 38.2 Å². The standard InChI is InChI=1S/C16H25N3OS/c1-3-4-10-19(2)11-6-9-15(20)18-14-8-5-7-13(12-14)16(17)21/h5,7-8,12H,3-4,6,9-11H2,1-2H3,(H2,17,21)(H,18,20). The molecule has 1 rings (SSSR count). The number of rotatable bonds is 9. The summed E-state index contributed by atoms with van der Waals surface area (Å²) in [6, 6.07) is 7.31. The minimum absolute atomic E-state index is 0.0268. The van der Waals surface area contributed by atoms with E-state index in [1.54, 1.807) is 6.07 Å². The maximum atomic E-state index is 11.9. The van der Waals surface area contributed by atoms with Crippen molar-refractivity contribution in [3.05, 3.63) is 29.8 Å². The molecule has 0 saturated carbocycles. The first-order valence-corrected chi connectivity index (χ1v) is 7.82. The van der Waals surface area contributed by atoms with Crippen molar-refractivity contribution in [1.29, 1.82) is 0 Å². The van der Waals surface area contributed by atoms with Crippen molar-refractivity contribution in [3.8, 4) is 0 Å². The van der Waals surface area contributed by atoms with Crippen LogP contribution in [0.2, 0.25) is 0 Å². The lowest BCUT2D eigenvalue weighted by Gasteiger charge is -2.15. The number of amides is 1. The second-order valence-electron chi connectivity index (χ2n) is 5.25. The Bertz CT molecular complexity index is 476. The molecule has 21 heavy (non-hydrogen) atoms. The molecule has 0 unspecified atom stereocenters. The SMILES string of the molecule is CCCCN(C)CCCC(=O)Nc1cccc(C(N)=S)c1. The molecule has 1 amide bonds. The first-order chi connectivity index (χ1) is 10.0. The highest BCUT2D eigenvalue weighted by molar-refractivity contribution is 7.80. The molecule has 5 heteroatoms. The molecule has 0 radical (unpaired) electrons. The molecule has 0 spiro atoms. The Morgan fingerprint density at radius 3 is 2.71 bits per heavy atom. The van der Waals surface area contributed by atoms with Crippen LogP contribution in [0.3, 0.4) is 0 Å². The Morgan fingerprint density at radius 1 is 1.33 bits per heavy atom. The van der Waals surface area contributed by atoms with Gasteiger partial charge in [0.25, 0.3) is 0 Å². The fraction of sp³-hybridized carbons (Fsp3) is 0.500. The highest BCUT2D eigenvalue weighted by Crippen LogP contribution is 2.11. The Kier molecular flexibility index (Phi) is 7.93. The largest absolute Gasteiger partial charge is 0.389 e. The minimum atomic E-state index is 0.0268. The maximum Gasteiger partial charge on any atom is 0.224 e. The maximum absolute atomic E-state index is 11.9. The van der Waals surface area contributed by atoms with E-state index >= 15 is 0 Å². The van der Waals surface area contributed by atoms with Crippen LogP contribution in [0.15, 0.2) is 24.3 Å². The number of benzene rings is 1. The lowest BCUT2D eigenvalue weighted by molar-refractivity contribution is -0.116. The molecule has 3 N–H and O–H groups in total. The number of hydrogen-bond acceptors (Lipinski definition) is 3. The van der Waals surface area contributed by atoms with Gasteiger partial charge in [0.2, 0.25) is 5.91 Å². The first kappa shape index (κ1) is 17.6. The van der Waals surface area contributed by atoms with E-state index in [9.17, 15) is 4.79 Å². The molecule has 0 aliphatic rings. The number of carbonyl (C=O) groups is 1. The fourth-order valence-corrected chi connectivity index (χ4v) is 2.15. The minimum Gasteiger partial charge on any atom is -0.389 e. The molecule has 0 heterocycles. The molecule has 0 atom stereocenters. The molecule has 0 aliphatic carbocycles. The normalized spacial score (nSPS) is 10.6. The van der Waals surface area contributed by atoms with Crippen molar-refractivity contribution in [2.45, 2.75) is 32.6 Å². The highest BCUT2D eigenvalue weighted by atomic mass is 32.1. The molecular formula is C16H25N3OS. The highest BCUT2D eigenvalue weighted by Gasteiger charge is 2.05. The van der Waals surface area contributed by atoms with Gasteiger partial charge in [0.05, 0.1) is 0 Å². The number of anilines is 1. The van der Waals surface area contributed by atoms with E-state index < -0.39 is 0 Å². The number of carbonyl (C=O) groups excluding carboxylic acids is 1. The Morgan fingerprint density at radius 2 is 2.05 bits per heavy atom. The van der Waals surface area contributed by atoms with E-state index in [1.807, 2.05) is 18.2 Å². The van der Waals surface area contributed by atoms with Gasteiger partial charge in [-0.15, -0.1) is 0 Å². The van der Waals surface area contributed by atoms with Gasteiger partial charge in [-0.3, -0.25) is 4.79 Å². The smallest absolute Gasteiger partial charge is 0.224 e. The molecule has 1 aromatic rings. The number of nitrogens with one attached hydrogen (secondary N) is 1. The summed E-state index contributed by atoms with van der Waals surface area (Å²) in [6.07, 6.45) is 3.79. The Labute approximate surface area is 132 Å². The van der Waals surface area contributed by atoms with E-state index in [0.29, 0.717) is 11.4 Å². The molecule has 0 aliphatic heterocycles. The van der Waals surface area contributed by atoms with Crippen LogP contribution in [-0.2, 0) is 4.79 Å². The van der Waals surface area contributed by atoms with Gasteiger partial charge < -0.3 is 16.0 Å². The molecule has 0 aromatic heterocycles. The van der Waals surface area contributed by atoms with Gasteiger partial charge in [-0.05, 0) is 45.1 Å². The van der Waals surface area contributed by atoms with Crippen molar-refractivity contribution in [2.24, 2.45) is 5.73 Å². The van der Waals surface area contributed by atoms with Crippen molar-refractivity contribution in [3.63, 3.8) is 0 Å². The summed E-state index contributed by atoms with van der Waals surface area (Å²) in [5.41, 5.74) is 7.09. The summed E-state index contributed by atoms with van der Waals surface area (Å²) in [4.78, 5) is 14.5. The zero-order valence-electron chi connectivity index (χ0n) is 12.9. The average Bonchev–Trinajstić information content (AvgIpc) is 2.45. The van der Waals surface area contributed by atoms with Gasteiger partial charge in [0.15, 0.2) is 0 Å². The topological polar surface area (TPSA) is 58.4 Å². The second-order valence-corrected chi connectivity index (χ2v) is 5.69. The van der Waals surface area contributed by atoms with E-state index in [0.717, 1.165) is 30.8 Å². The van der Waals surface area contributed by atoms with Crippen LogP contribution < -0.4 is 11.1 Å². The first-order valence-electron chi connectivity index (χ1n) is 7.41. The van der Waals surface area contributed by atoms with Crippen LogP contribution in [0.4, 0.5) is 5.69 Å². The second kappa shape index (κ2) is 9.47. The fourth-order valence-electron chi connectivity index (χ4n) is 2.02. The Hall–Kier alpha value is -1.46.